The second-order valence-electron chi connectivity index (χ2n) is 13.5. The predicted octanol–water partition coefficient (Wildman–Crippen LogP) is 9.48. The van der Waals surface area contributed by atoms with Crippen molar-refractivity contribution in [2.24, 2.45) is 17.5 Å². The third-order valence-corrected chi connectivity index (χ3v) is 9.00. The summed E-state index contributed by atoms with van der Waals surface area (Å²) >= 11 is 0. The van der Waals surface area contributed by atoms with E-state index in [1.54, 1.807) is 11.2 Å². The third-order valence-electron chi connectivity index (χ3n) is 9.00. The van der Waals surface area contributed by atoms with Gasteiger partial charge in [-0.2, -0.15) is 0 Å². The van der Waals surface area contributed by atoms with Crippen molar-refractivity contribution in [3.05, 3.63) is 11.9 Å². The highest BCUT2D eigenvalue weighted by Gasteiger charge is 2.09. The molecule has 0 fully saturated rings. The van der Waals surface area contributed by atoms with Crippen LogP contribution in [-0.2, 0) is 9.59 Å². The first kappa shape index (κ1) is 50.5. The smallest absolute Gasteiger partial charge is 0.290 e. The molecule has 0 aliphatic rings. The molecule has 0 aromatic heterocycles. The van der Waals surface area contributed by atoms with Gasteiger partial charge in [0.25, 0.3) is 12.9 Å². The molecule has 0 spiro atoms. The van der Waals surface area contributed by atoms with E-state index >= 15 is 0 Å². The molecule has 0 bridgehead atoms. The number of hydrogen-bond donors (Lipinski definition) is 5. The quantitative estimate of drug-likeness (QED) is 0.0193. The molecule has 0 saturated carbocycles. The highest BCUT2D eigenvalue weighted by atomic mass is 16.3. The van der Waals surface area contributed by atoms with E-state index in [1.807, 2.05) is 0 Å². The number of hydrogen-bond acceptors (Lipinski definition) is 7. The summed E-state index contributed by atoms with van der Waals surface area (Å²) < 4.78 is 0. The number of aliphatic hydroxyl groups is 1. The molecule has 9 heteroatoms. The number of nitrogens with zero attached hydrogens (tertiary/aromatic N) is 2. The van der Waals surface area contributed by atoms with E-state index in [-0.39, 0.29) is 19.6 Å². The first-order valence-electron chi connectivity index (χ1n) is 19.9. The summed E-state index contributed by atoms with van der Waals surface area (Å²) in [6.45, 7) is 10.6. The third kappa shape index (κ3) is 44.2. The summed E-state index contributed by atoms with van der Waals surface area (Å²) in [6.07, 6.45) is 37.8. The van der Waals surface area contributed by atoms with E-state index in [2.05, 4.69) is 25.7 Å². The lowest BCUT2D eigenvalue weighted by Crippen LogP contribution is -2.33. The lowest BCUT2D eigenvalue weighted by atomic mass is 9.90. The molecule has 0 aliphatic carbocycles. The van der Waals surface area contributed by atoms with Crippen molar-refractivity contribution in [2.75, 3.05) is 32.8 Å². The standard InChI is InChI=1S/C37H78N4O.2CH2O2/c1-4-7-10-11-12-13-14-15-16-17-20-24-30-40(32-26-33-41(39)34-37(38)35-42)31-25-21-18-19-23-29-36(27-9-6-3)28-22-8-5-2;2*2-1-3/h34,36,42H,4-33,35,38-39H2,1-3H3;2*1H,(H,2,3)/b37-34-;;. The minimum Gasteiger partial charge on any atom is -0.483 e. The summed E-state index contributed by atoms with van der Waals surface area (Å²) in [5, 5.41) is 24.5. The van der Waals surface area contributed by atoms with E-state index in [0.29, 0.717) is 5.70 Å². The molecule has 1 unspecified atom stereocenters. The Morgan fingerprint density at radius 2 is 0.875 bits per heavy atom. The molecule has 0 rings (SSSR count). The van der Waals surface area contributed by atoms with Crippen LogP contribution in [0.15, 0.2) is 11.9 Å². The van der Waals surface area contributed by atoms with E-state index < -0.39 is 0 Å². The van der Waals surface area contributed by atoms with Crippen molar-refractivity contribution in [3.63, 3.8) is 0 Å². The van der Waals surface area contributed by atoms with Crippen LogP contribution in [0.3, 0.4) is 0 Å². The number of carbonyl (C=O) groups is 2. The summed E-state index contributed by atoms with van der Waals surface area (Å²) in [5.74, 6) is 7.03. The van der Waals surface area contributed by atoms with Crippen LogP contribution in [0.1, 0.15) is 188 Å². The van der Waals surface area contributed by atoms with Gasteiger partial charge in [0.05, 0.1) is 12.3 Å². The number of aliphatic hydroxyl groups excluding tert-OH is 1. The largest absolute Gasteiger partial charge is 0.483 e. The Hall–Kier alpha value is -1.84. The Kier molecular flexibility index (Phi) is 47.5. The molecule has 0 aromatic carbocycles. The predicted molar refractivity (Wildman–Crippen MR) is 205 cm³/mol. The van der Waals surface area contributed by atoms with Crippen LogP contribution in [0.4, 0.5) is 0 Å². The van der Waals surface area contributed by atoms with E-state index in [1.165, 1.54) is 174 Å². The zero-order chi connectivity index (χ0) is 36.4. The van der Waals surface area contributed by atoms with Gasteiger partial charge in [0.1, 0.15) is 0 Å². The number of rotatable bonds is 34. The Labute approximate surface area is 297 Å². The van der Waals surface area contributed by atoms with Gasteiger partial charge in [-0.1, -0.05) is 168 Å². The lowest BCUT2D eigenvalue weighted by Gasteiger charge is -2.24. The molecule has 7 N–H and O–H groups in total. The number of hydrazine groups is 1. The summed E-state index contributed by atoms with van der Waals surface area (Å²) in [6, 6.07) is 0. The molecule has 0 saturated heterocycles. The highest BCUT2D eigenvalue weighted by molar-refractivity contribution is 5.33. The minimum atomic E-state index is -0.250. The lowest BCUT2D eigenvalue weighted by molar-refractivity contribution is -0.123. The van der Waals surface area contributed by atoms with Crippen LogP contribution in [0.5, 0.6) is 0 Å². The Balaban J connectivity index is -0.00000311. The molecular formula is C39H82N4O5. The van der Waals surface area contributed by atoms with Crippen molar-refractivity contribution in [2.45, 2.75) is 188 Å². The maximum absolute atomic E-state index is 9.13. The first-order valence-corrected chi connectivity index (χ1v) is 19.9. The van der Waals surface area contributed by atoms with Crippen molar-refractivity contribution in [1.82, 2.24) is 9.91 Å². The van der Waals surface area contributed by atoms with E-state index in [0.717, 1.165) is 25.4 Å². The van der Waals surface area contributed by atoms with Gasteiger partial charge in [-0.15, -0.1) is 0 Å². The van der Waals surface area contributed by atoms with E-state index in [4.69, 9.17) is 36.5 Å². The average Bonchev–Trinajstić information content (AvgIpc) is 3.07. The van der Waals surface area contributed by atoms with E-state index in [9.17, 15) is 0 Å². The fraction of sp³-hybridized carbons (Fsp3) is 0.897. The normalized spacial score (nSPS) is 11.8. The summed E-state index contributed by atoms with van der Waals surface area (Å²) in [5.41, 5.74) is 6.14. The van der Waals surface area contributed by atoms with Crippen molar-refractivity contribution < 1.29 is 24.9 Å². The Morgan fingerprint density at radius 3 is 1.31 bits per heavy atom. The van der Waals surface area contributed by atoms with Crippen molar-refractivity contribution in [1.29, 1.82) is 0 Å². The van der Waals surface area contributed by atoms with Gasteiger partial charge >= 0.3 is 0 Å². The number of carboxylic acid groups (broad SMARTS) is 2. The molecule has 288 valence electrons. The second kappa shape index (κ2) is 45.2. The minimum absolute atomic E-state index is 0.142. The fourth-order valence-corrected chi connectivity index (χ4v) is 6.21. The Bertz CT molecular complexity index is 648. The summed E-state index contributed by atoms with van der Waals surface area (Å²) in [7, 11) is 0. The van der Waals surface area contributed by atoms with Crippen LogP contribution in [0.25, 0.3) is 0 Å². The first-order chi connectivity index (χ1) is 23.4. The highest BCUT2D eigenvalue weighted by Crippen LogP contribution is 2.23. The maximum Gasteiger partial charge on any atom is 0.290 e. The van der Waals surface area contributed by atoms with Gasteiger partial charge in [-0.05, 0) is 44.8 Å². The fourth-order valence-electron chi connectivity index (χ4n) is 6.21. The van der Waals surface area contributed by atoms with Gasteiger partial charge in [0.2, 0.25) is 0 Å². The molecule has 9 nitrogen and oxygen atoms in total. The molecule has 1 atom stereocenters. The van der Waals surface area contributed by atoms with Gasteiger partial charge in [-0.3, -0.25) is 9.59 Å². The monoisotopic (exact) mass is 687 g/mol. The van der Waals surface area contributed by atoms with Crippen LogP contribution in [-0.4, -0.2) is 71.0 Å². The average molecular weight is 687 g/mol. The maximum atomic E-state index is 9.13. The number of nitrogens with two attached hydrogens (primary N) is 2. The summed E-state index contributed by atoms with van der Waals surface area (Å²) in [4.78, 5) is 19.4. The Morgan fingerprint density at radius 1 is 0.542 bits per heavy atom. The van der Waals surface area contributed by atoms with Gasteiger partial charge in [0.15, 0.2) is 0 Å². The SMILES string of the molecule is CCCCCCCCCCCCCCN(CCCCCCCC(CCCC)CCCCC)CCCN(N)/C=C(\N)CO.O=CO.O=CO. The molecule has 0 heterocycles. The van der Waals surface area contributed by atoms with Gasteiger partial charge < -0.3 is 31.0 Å². The van der Waals surface area contributed by atoms with Crippen LogP contribution in [0.2, 0.25) is 0 Å². The zero-order valence-corrected chi connectivity index (χ0v) is 31.9. The molecule has 48 heavy (non-hydrogen) atoms. The van der Waals surface area contributed by atoms with Crippen LogP contribution < -0.4 is 11.6 Å². The topological polar surface area (TPSA) is 153 Å². The van der Waals surface area contributed by atoms with Crippen LogP contribution in [0, 0.1) is 5.92 Å². The molecule has 0 aliphatic heterocycles. The molecular weight excluding hydrogens is 604 g/mol. The molecule has 0 amide bonds. The molecule has 0 radical (unpaired) electrons. The zero-order valence-electron chi connectivity index (χ0n) is 31.9. The van der Waals surface area contributed by atoms with Gasteiger partial charge in [-0.25, -0.2) is 5.84 Å². The second-order valence-corrected chi connectivity index (χ2v) is 13.5. The van der Waals surface area contributed by atoms with Crippen molar-refractivity contribution >= 4 is 12.9 Å². The van der Waals surface area contributed by atoms with Crippen molar-refractivity contribution in [3.8, 4) is 0 Å². The molecule has 0 aromatic rings. The van der Waals surface area contributed by atoms with Gasteiger partial charge in [0, 0.05) is 12.7 Å². The van der Waals surface area contributed by atoms with Crippen LogP contribution >= 0.6 is 0 Å². The number of unbranched alkanes of at least 4 members (excludes halogenated alkanes) is 18.